The predicted octanol–water partition coefficient (Wildman–Crippen LogP) is 4.43. The molecular weight excluding hydrogens is 339 g/mol. The van der Waals surface area contributed by atoms with Crippen LogP contribution in [0.5, 0.6) is 0 Å². The van der Waals surface area contributed by atoms with Crippen molar-refractivity contribution >= 4 is 5.69 Å². The van der Waals surface area contributed by atoms with Crippen LogP contribution in [-0.4, -0.2) is 44.2 Å². The number of hydrogen-bond donors (Lipinski definition) is 0. The number of ether oxygens (including phenoxy) is 1. The van der Waals surface area contributed by atoms with E-state index < -0.39 is 0 Å². The van der Waals surface area contributed by atoms with Gasteiger partial charge >= 0.3 is 0 Å². The lowest BCUT2D eigenvalue weighted by atomic mass is 10.1. The van der Waals surface area contributed by atoms with E-state index in [1.165, 1.54) is 17.5 Å². The van der Waals surface area contributed by atoms with Gasteiger partial charge in [0.2, 0.25) is 0 Å². The van der Waals surface area contributed by atoms with E-state index >= 15 is 0 Å². The normalized spacial score (nSPS) is 20.0. The van der Waals surface area contributed by atoms with E-state index in [2.05, 4.69) is 34.1 Å². The molecule has 0 spiro atoms. The van der Waals surface area contributed by atoms with E-state index in [0.717, 1.165) is 64.3 Å². The smallest absolute Gasteiger partial charge is 0.123 e. The molecule has 4 heteroatoms. The lowest BCUT2D eigenvalue weighted by Crippen LogP contribution is -2.46. The highest BCUT2D eigenvalue weighted by molar-refractivity contribution is 5.46. The van der Waals surface area contributed by atoms with Crippen molar-refractivity contribution in [2.75, 3.05) is 44.2 Å². The first kappa shape index (κ1) is 18.5. The van der Waals surface area contributed by atoms with Crippen LogP contribution in [0.1, 0.15) is 36.5 Å². The summed E-state index contributed by atoms with van der Waals surface area (Å²) in [7, 11) is 0. The van der Waals surface area contributed by atoms with Gasteiger partial charge in [-0.3, -0.25) is 4.90 Å². The largest absolute Gasteiger partial charge is 0.374 e. The van der Waals surface area contributed by atoms with Gasteiger partial charge in [-0.05, 0) is 67.6 Å². The Balaban J connectivity index is 1.12. The van der Waals surface area contributed by atoms with Crippen LogP contribution in [0.3, 0.4) is 0 Å². The number of anilines is 1. The molecule has 1 fully saturated rings. The lowest BCUT2D eigenvalue weighted by Gasteiger charge is -2.36. The molecule has 0 N–H and O–H groups in total. The molecule has 2 aromatic carbocycles. The first-order valence-electron chi connectivity index (χ1n) is 10.2. The molecule has 2 aliphatic rings. The van der Waals surface area contributed by atoms with Crippen molar-refractivity contribution < 1.29 is 9.13 Å². The van der Waals surface area contributed by atoms with E-state index in [0.29, 0.717) is 6.10 Å². The third kappa shape index (κ3) is 4.69. The summed E-state index contributed by atoms with van der Waals surface area (Å²) in [5, 5.41) is 0. The van der Waals surface area contributed by atoms with E-state index in [-0.39, 0.29) is 5.82 Å². The van der Waals surface area contributed by atoms with Crippen molar-refractivity contribution in [3.63, 3.8) is 0 Å². The average Bonchev–Trinajstić information content (AvgIpc) is 3.12. The molecule has 2 aromatic rings. The third-order valence-corrected chi connectivity index (χ3v) is 5.83. The van der Waals surface area contributed by atoms with Gasteiger partial charge in [-0.1, -0.05) is 24.3 Å². The molecule has 1 atom stereocenters. The Morgan fingerprint density at radius 1 is 0.926 bits per heavy atom. The Morgan fingerprint density at radius 3 is 2.52 bits per heavy atom. The molecule has 3 nitrogen and oxygen atoms in total. The van der Waals surface area contributed by atoms with Gasteiger partial charge < -0.3 is 9.64 Å². The number of fused-ring (bicyclic) bond motifs is 1. The highest BCUT2D eigenvalue weighted by atomic mass is 19.1. The van der Waals surface area contributed by atoms with Gasteiger partial charge in [0.15, 0.2) is 0 Å². The van der Waals surface area contributed by atoms with Crippen LogP contribution in [0.25, 0.3) is 0 Å². The van der Waals surface area contributed by atoms with Crippen molar-refractivity contribution in [1.29, 1.82) is 0 Å². The standard InChI is InChI=1S/C23H29FN2O/c24-20-8-10-21(11-9-20)26-16-14-25(15-17-26)13-3-4-18-27-23-12-7-19-5-1-2-6-22(19)23/h1-2,5-6,8-11,23H,3-4,7,12-18H2. The summed E-state index contributed by atoms with van der Waals surface area (Å²) in [6, 6.07) is 15.5. The Bertz CT molecular complexity index is 725. The minimum absolute atomic E-state index is 0.166. The van der Waals surface area contributed by atoms with Crippen molar-refractivity contribution in [1.82, 2.24) is 4.90 Å². The molecule has 0 saturated carbocycles. The molecule has 27 heavy (non-hydrogen) atoms. The molecule has 1 saturated heterocycles. The van der Waals surface area contributed by atoms with Crippen LogP contribution >= 0.6 is 0 Å². The van der Waals surface area contributed by atoms with Gasteiger partial charge in [-0.25, -0.2) is 4.39 Å². The van der Waals surface area contributed by atoms with Gasteiger partial charge in [-0.2, -0.15) is 0 Å². The third-order valence-electron chi connectivity index (χ3n) is 5.83. The fraction of sp³-hybridized carbons (Fsp3) is 0.478. The van der Waals surface area contributed by atoms with Crippen LogP contribution in [0.2, 0.25) is 0 Å². The molecule has 1 aliphatic heterocycles. The highest BCUT2D eigenvalue weighted by Crippen LogP contribution is 2.33. The average molecular weight is 368 g/mol. The molecule has 1 unspecified atom stereocenters. The molecule has 1 heterocycles. The lowest BCUT2D eigenvalue weighted by molar-refractivity contribution is 0.0500. The van der Waals surface area contributed by atoms with Crippen LogP contribution in [0.15, 0.2) is 48.5 Å². The summed E-state index contributed by atoms with van der Waals surface area (Å²) in [6.45, 7) is 6.18. The van der Waals surface area contributed by atoms with Gasteiger partial charge in [0.05, 0.1) is 6.10 Å². The van der Waals surface area contributed by atoms with Crippen LogP contribution in [-0.2, 0) is 11.2 Å². The second-order valence-electron chi connectivity index (χ2n) is 7.61. The van der Waals surface area contributed by atoms with Crippen LogP contribution in [0, 0.1) is 5.82 Å². The molecule has 0 aromatic heterocycles. The topological polar surface area (TPSA) is 15.7 Å². The fourth-order valence-electron chi connectivity index (χ4n) is 4.24. The summed E-state index contributed by atoms with van der Waals surface area (Å²) >= 11 is 0. The van der Waals surface area contributed by atoms with Crippen LogP contribution < -0.4 is 4.90 Å². The van der Waals surface area contributed by atoms with Crippen molar-refractivity contribution in [3.8, 4) is 0 Å². The number of nitrogens with zero attached hydrogens (tertiary/aromatic N) is 2. The number of hydrogen-bond acceptors (Lipinski definition) is 3. The summed E-state index contributed by atoms with van der Waals surface area (Å²) in [6.07, 6.45) is 4.89. The molecular formula is C23H29FN2O. The zero-order valence-corrected chi connectivity index (χ0v) is 15.9. The minimum atomic E-state index is -0.166. The summed E-state index contributed by atoms with van der Waals surface area (Å²) in [4.78, 5) is 4.88. The van der Waals surface area contributed by atoms with Gasteiger partial charge in [0, 0.05) is 38.5 Å². The molecule has 0 amide bonds. The first-order chi connectivity index (χ1) is 13.3. The Kier molecular flexibility index (Phi) is 6.05. The van der Waals surface area contributed by atoms with E-state index in [1.807, 2.05) is 12.1 Å². The Labute approximate surface area is 161 Å². The first-order valence-corrected chi connectivity index (χ1v) is 10.2. The molecule has 0 bridgehead atoms. The van der Waals surface area contributed by atoms with Crippen molar-refractivity contribution in [3.05, 3.63) is 65.5 Å². The number of halogens is 1. The molecule has 1 aliphatic carbocycles. The molecule has 144 valence electrons. The van der Waals surface area contributed by atoms with Crippen molar-refractivity contribution in [2.24, 2.45) is 0 Å². The zero-order chi connectivity index (χ0) is 18.5. The maximum atomic E-state index is 13.1. The van der Waals surface area contributed by atoms with E-state index in [9.17, 15) is 4.39 Å². The van der Waals surface area contributed by atoms with Gasteiger partial charge in [0.25, 0.3) is 0 Å². The zero-order valence-electron chi connectivity index (χ0n) is 15.9. The number of rotatable bonds is 7. The summed E-state index contributed by atoms with van der Waals surface area (Å²) in [5.41, 5.74) is 3.98. The Hall–Kier alpha value is -1.91. The second-order valence-corrected chi connectivity index (χ2v) is 7.61. The number of aryl methyl sites for hydroxylation is 1. The minimum Gasteiger partial charge on any atom is -0.374 e. The van der Waals surface area contributed by atoms with Crippen LogP contribution in [0.4, 0.5) is 10.1 Å². The van der Waals surface area contributed by atoms with Crippen molar-refractivity contribution in [2.45, 2.75) is 31.8 Å². The fourth-order valence-corrected chi connectivity index (χ4v) is 4.24. The Morgan fingerprint density at radius 2 is 1.70 bits per heavy atom. The highest BCUT2D eigenvalue weighted by Gasteiger charge is 2.22. The maximum absolute atomic E-state index is 13.1. The molecule has 4 rings (SSSR count). The monoisotopic (exact) mass is 368 g/mol. The maximum Gasteiger partial charge on any atom is 0.123 e. The summed E-state index contributed by atoms with van der Waals surface area (Å²) in [5.74, 6) is -0.166. The second kappa shape index (κ2) is 8.85. The van der Waals surface area contributed by atoms with Gasteiger partial charge in [0.1, 0.15) is 5.82 Å². The number of benzene rings is 2. The van der Waals surface area contributed by atoms with Gasteiger partial charge in [-0.15, -0.1) is 0 Å². The summed E-state index contributed by atoms with van der Waals surface area (Å²) < 4.78 is 19.2. The van der Waals surface area contributed by atoms with E-state index in [4.69, 9.17) is 4.74 Å². The quantitative estimate of drug-likeness (QED) is 0.673. The number of piperazine rings is 1. The van der Waals surface area contributed by atoms with E-state index in [1.54, 1.807) is 12.1 Å². The number of unbranched alkanes of at least 4 members (excludes halogenated alkanes) is 1. The predicted molar refractivity (Wildman–Crippen MR) is 108 cm³/mol. The SMILES string of the molecule is Fc1ccc(N2CCN(CCCCOC3CCc4ccccc43)CC2)cc1. The molecule has 0 radical (unpaired) electrons.